The van der Waals surface area contributed by atoms with E-state index in [0.29, 0.717) is 12.1 Å². The van der Waals surface area contributed by atoms with E-state index in [1.54, 1.807) is 0 Å². The molecule has 1 saturated carbocycles. The summed E-state index contributed by atoms with van der Waals surface area (Å²) in [5, 5.41) is 3.05. The van der Waals surface area contributed by atoms with Crippen molar-refractivity contribution < 1.29 is 4.79 Å². The highest BCUT2D eigenvalue weighted by atomic mass is 16.2. The second-order valence-corrected chi connectivity index (χ2v) is 4.12. The molecule has 0 spiro atoms. The standard InChI is InChI=1S/C10H18N2O/c1-2-9-4-3-7-12(9)10(13)11-8-5-6-8/h8-9H,2-7H2,1H3,(H,11,13). The van der Waals surface area contributed by atoms with Gasteiger partial charge in [0, 0.05) is 18.6 Å². The molecule has 0 bridgehead atoms. The third-order valence-electron chi connectivity index (χ3n) is 3.01. The van der Waals surface area contributed by atoms with Gasteiger partial charge < -0.3 is 10.2 Å². The number of carbonyl (C=O) groups excluding carboxylic acids is 1. The lowest BCUT2D eigenvalue weighted by molar-refractivity contribution is 0.191. The van der Waals surface area contributed by atoms with Gasteiger partial charge in [0.2, 0.25) is 0 Å². The molecular weight excluding hydrogens is 164 g/mol. The van der Waals surface area contributed by atoms with Crippen LogP contribution in [0.25, 0.3) is 0 Å². The lowest BCUT2D eigenvalue weighted by Gasteiger charge is -2.23. The first-order valence-electron chi connectivity index (χ1n) is 5.38. The summed E-state index contributed by atoms with van der Waals surface area (Å²) in [7, 11) is 0. The molecule has 3 heteroatoms. The first-order chi connectivity index (χ1) is 6.31. The highest BCUT2D eigenvalue weighted by Gasteiger charge is 2.31. The first-order valence-corrected chi connectivity index (χ1v) is 5.38. The number of likely N-dealkylation sites (tertiary alicyclic amines) is 1. The number of rotatable bonds is 2. The van der Waals surface area contributed by atoms with E-state index < -0.39 is 0 Å². The second kappa shape index (κ2) is 3.56. The number of nitrogens with one attached hydrogen (secondary N) is 1. The smallest absolute Gasteiger partial charge is 0.317 e. The molecule has 74 valence electrons. The van der Waals surface area contributed by atoms with Crippen molar-refractivity contribution in [2.75, 3.05) is 6.54 Å². The van der Waals surface area contributed by atoms with Gasteiger partial charge in [-0.3, -0.25) is 0 Å². The molecule has 1 atom stereocenters. The molecule has 2 rings (SSSR count). The molecule has 2 fully saturated rings. The fourth-order valence-electron chi connectivity index (χ4n) is 2.01. The summed E-state index contributed by atoms with van der Waals surface area (Å²) in [6.07, 6.45) is 5.82. The van der Waals surface area contributed by atoms with Crippen molar-refractivity contribution in [1.29, 1.82) is 0 Å². The molecule has 3 nitrogen and oxygen atoms in total. The van der Waals surface area contributed by atoms with Crippen molar-refractivity contribution in [3.8, 4) is 0 Å². The van der Waals surface area contributed by atoms with E-state index in [1.807, 2.05) is 4.90 Å². The Labute approximate surface area is 79.5 Å². The summed E-state index contributed by atoms with van der Waals surface area (Å²) in [5.74, 6) is 0. The van der Waals surface area contributed by atoms with E-state index in [9.17, 15) is 4.79 Å². The topological polar surface area (TPSA) is 32.3 Å². The van der Waals surface area contributed by atoms with Gasteiger partial charge in [0.1, 0.15) is 0 Å². The molecule has 1 N–H and O–H groups in total. The minimum absolute atomic E-state index is 0.173. The molecule has 1 aliphatic carbocycles. The van der Waals surface area contributed by atoms with Gasteiger partial charge in [-0.2, -0.15) is 0 Å². The van der Waals surface area contributed by atoms with Gasteiger partial charge in [-0.1, -0.05) is 6.92 Å². The summed E-state index contributed by atoms with van der Waals surface area (Å²) in [6, 6.07) is 1.16. The van der Waals surface area contributed by atoms with E-state index in [-0.39, 0.29) is 6.03 Å². The Balaban J connectivity index is 1.86. The van der Waals surface area contributed by atoms with Crippen LogP contribution in [0, 0.1) is 0 Å². The lowest BCUT2D eigenvalue weighted by Crippen LogP contribution is -2.43. The molecule has 2 aliphatic rings. The quantitative estimate of drug-likeness (QED) is 0.693. The summed E-state index contributed by atoms with van der Waals surface area (Å²) in [4.78, 5) is 13.7. The fraction of sp³-hybridized carbons (Fsp3) is 0.900. The van der Waals surface area contributed by atoms with Gasteiger partial charge in [0.15, 0.2) is 0 Å². The number of carbonyl (C=O) groups is 1. The number of hydrogen-bond donors (Lipinski definition) is 1. The molecule has 1 aliphatic heterocycles. The van der Waals surface area contributed by atoms with E-state index in [1.165, 1.54) is 25.7 Å². The van der Waals surface area contributed by atoms with Crippen LogP contribution < -0.4 is 5.32 Å². The van der Waals surface area contributed by atoms with E-state index in [2.05, 4.69) is 12.2 Å². The zero-order valence-corrected chi connectivity index (χ0v) is 8.25. The summed E-state index contributed by atoms with van der Waals surface area (Å²) in [6.45, 7) is 3.12. The van der Waals surface area contributed by atoms with Crippen LogP contribution in [0.2, 0.25) is 0 Å². The Hall–Kier alpha value is -0.730. The minimum atomic E-state index is 0.173. The van der Waals surface area contributed by atoms with E-state index in [4.69, 9.17) is 0 Å². The maximum absolute atomic E-state index is 11.7. The van der Waals surface area contributed by atoms with Gasteiger partial charge in [0.05, 0.1) is 0 Å². The Morgan fingerprint density at radius 2 is 2.23 bits per heavy atom. The van der Waals surface area contributed by atoms with Crippen LogP contribution in [-0.4, -0.2) is 29.6 Å². The molecule has 1 saturated heterocycles. The van der Waals surface area contributed by atoms with Crippen LogP contribution in [0.1, 0.15) is 39.0 Å². The molecular formula is C10H18N2O. The van der Waals surface area contributed by atoms with E-state index in [0.717, 1.165) is 13.0 Å². The number of urea groups is 1. The van der Waals surface area contributed by atoms with Gasteiger partial charge in [-0.15, -0.1) is 0 Å². The van der Waals surface area contributed by atoms with Gasteiger partial charge in [-0.05, 0) is 32.1 Å². The molecule has 13 heavy (non-hydrogen) atoms. The fourth-order valence-corrected chi connectivity index (χ4v) is 2.01. The Morgan fingerprint density at radius 1 is 1.46 bits per heavy atom. The minimum Gasteiger partial charge on any atom is -0.335 e. The van der Waals surface area contributed by atoms with Gasteiger partial charge >= 0.3 is 6.03 Å². The van der Waals surface area contributed by atoms with Crippen LogP contribution in [0.15, 0.2) is 0 Å². The second-order valence-electron chi connectivity index (χ2n) is 4.12. The Kier molecular flexibility index (Phi) is 2.42. The number of nitrogens with zero attached hydrogens (tertiary/aromatic N) is 1. The van der Waals surface area contributed by atoms with Crippen LogP contribution >= 0.6 is 0 Å². The third-order valence-corrected chi connectivity index (χ3v) is 3.01. The monoisotopic (exact) mass is 182 g/mol. The molecule has 1 unspecified atom stereocenters. The summed E-state index contributed by atoms with van der Waals surface area (Å²) >= 11 is 0. The predicted molar refractivity (Wildman–Crippen MR) is 51.6 cm³/mol. The molecule has 0 radical (unpaired) electrons. The zero-order valence-electron chi connectivity index (χ0n) is 8.25. The van der Waals surface area contributed by atoms with Crippen molar-refractivity contribution in [2.45, 2.75) is 51.1 Å². The highest BCUT2D eigenvalue weighted by Crippen LogP contribution is 2.23. The van der Waals surface area contributed by atoms with Crippen molar-refractivity contribution >= 4 is 6.03 Å². The number of amides is 2. The van der Waals surface area contributed by atoms with Gasteiger partial charge in [0.25, 0.3) is 0 Å². The third kappa shape index (κ3) is 1.95. The van der Waals surface area contributed by atoms with Crippen molar-refractivity contribution in [3.63, 3.8) is 0 Å². The van der Waals surface area contributed by atoms with Crippen LogP contribution in [-0.2, 0) is 0 Å². The average molecular weight is 182 g/mol. The van der Waals surface area contributed by atoms with Crippen molar-refractivity contribution in [3.05, 3.63) is 0 Å². The SMILES string of the molecule is CCC1CCCN1C(=O)NC1CC1. The predicted octanol–water partition coefficient (Wildman–Crippen LogP) is 1.73. The molecule has 0 aromatic rings. The maximum Gasteiger partial charge on any atom is 0.317 e. The van der Waals surface area contributed by atoms with Crippen LogP contribution in [0.3, 0.4) is 0 Å². The largest absolute Gasteiger partial charge is 0.335 e. The molecule has 1 heterocycles. The lowest BCUT2D eigenvalue weighted by atomic mass is 10.2. The molecule has 0 aromatic carbocycles. The molecule has 2 amide bonds. The van der Waals surface area contributed by atoms with Crippen LogP contribution in [0.4, 0.5) is 4.79 Å². The zero-order chi connectivity index (χ0) is 9.26. The maximum atomic E-state index is 11.7. The van der Waals surface area contributed by atoms with Crippen molar-refractivity contribution in [1.82, 2.24) is 10.2 Å². The van der Waals surface area contributed by atoms with Crippen LogP contribution in [0.5, 0.6) is 0 Å². The average Bonchev–Trinajstić information content (AvgIpc) is 2.82. The summed E-state index contributed by atoms with van der Waals surface area (Å²) < 4.78 is 0. The first kappa shape index (κ1) is 8.85. The highest BCUT2D eigenvalue weighted by molar-refractivity contribution is 5.75. The Morgan fingerprint density at radius 3 is 2.85 bits per heavy atom. The van der Waals surface area contributed by atoms with E-state index >= 15 is 0 Å². The van der Waals surface area contributed by atoms with Gasteiger partial charge in [-0.25, -0.2) is 4.79 Å². The summed E-state index contributed by atoms with van der Waals surface area (Å²) in [5.41, 5.74) is 0. The van der Waals surface area contributed by atoms with Crippen molar-refractivity contribution in [2.24, 2.45) is 0 Å². The normalized spacial score (nSPS) is 27.8. The number of hydrogen-bond acceptors (Lipinski definition) is 1. The Bertz CT molecular complexity index is 201. The molecule has 0 aromatic heterocycles.